The number of methoxy groups -OCH3 is 1. The quantitative estimate of drug-likeness (QED) is 0.861. The lowest BCUT2D eigenvalue weighted by Gasteiger charge is -2.18. The lowest BCUT2D eigenvalue weighted by Crippen LogP contribution is -2.30. The molecule has 0 saturated heterocycles. The molecule has 1 N–H and O–H groups in total. The minimum Gasteiger partial charge on any atom is -0.469 e. The minimum absolute atomic E-state index is 0.0442. The van der Waals surface area contributed by atoms with E-state index in [0.29, 0.717) is 11.1 Å². The first kappa shape index (κ1) is 16.2. The molecule has 0 aromatic heterocycles. The number of benzene rings is 2. The lowest BCUT2D eigenvalue weighted by molar-refractivity contribution is -0.141. The lowest BCUT2D eigenvalue weighted by atomic mass is 10.0. The van der Waals surface area contributed by atoms with Crippen LogP contribution in [0.4, 0.5) is 0 Å². The smallest absolute Gasteiger partial charge is 0.307 e. The third-order valence-electron chi connectivity index (χ3n) is 3.38. The molecular formula is C18H16N2O3. The van der Waals surface area contributed by atoms with E-state index in [1.54, 1.807) is 24.3 Å². The average molecular weight is 308 g/mol. The van der Waals surface area contributed by atoms with E-state index in [4.69, 9.17) is 10.00 Å². The molecule has 0 aliphatic carbocycles. The maximum absolute atomic E-state index is 12.4. The van der Waals surface area contributed by atoms with Crippen molar-refractivity contribution in [3.05, 3.63) is 71.3 Å². The van der Waals surface area contributed by atoms with Crippen LogP contribution in [0, 0.1) is 11.3 Å². The zero-order valence-electron chi connectivity index (χ0n) is 12.7. The number of hydrogen-bond acceptors (Lipinski definition) is 4. The second-order valence-corrected chi connectivity index (χ2v) is 4.91. The standard InChI is InChI=1S/C18H16N2O3/c1-23-17(21)11-16(14-5-3-2-4-6-14)20-18(22)15-9-7-13(12-19)8-10-15/h2-10,16H,11H2,1H3,(H,20,22)/t16-/m0/s1. The molecular weight excluding hydrogens is 292 g/mol. The highest BCUT2D eigenvalue weighted by molar-refractivity contribution is 5.94. The summed E-state index contributed by atoms with van der Waals surface area (Å²) in [6.07, 6.45) is 0.0442. The second kappa shape index (κ2) is 7.76. The van der Waals surface area contributed by atoms with Crippen LogP contribution < -0.4 is 5.32 Å². The van der Waals surface area contributed by atoms with Crippen molar-refractivity contribution in [2.75, 3.05) is 7.11 Å². The zero-order chi connectivity index (χ0) is 16.7. The predicted molar refractivity (Wildman–Crippen MR) is 84.4 cm³/mol. The van der Waals surface area contributed by atoms with Crippen LogP contribution >= 0.6 is 0 Å². The molecule has 0 heterocycles. The Hall–Kier alpha value is -3.13. The van der Waals surface area contributed by atoms with Crippen molar-refractivity contribution in [2.45, 2.75) is 12.5 Å². The van der Waals surface area contributed by atoms with Crippen molar-refractivity contribution in [2.24, 2.45) is 0 Å². The number of rotatable bonds is 5. The first-order valence-corrected chi connectivity index (χ1v) is 7.07. The van der Waals surface area contributed by atoms with Gasteiger partial charge >= 0.3 is 5.97 Å². The SMILES string of the molecule is COC(=O)C[C@H](NC(=O)c1ccc(C#N)cc1)c1ccccc1. The van der Waals surface area contributed by atoms with Crippen LogP contribution in [-0.2, 0) is 9.53 Å². The maximum Gasteiger partial charge on any atom is 0.307 e. The van der Waals surface area contributed by atoms with Gasteiger partial charge in [-0.1, -0.05) is 30.3 Å². The molecule has 0 radical (unpaired) electrons. The van der Waals surface area contributed by atoms with Crippen molar-refractivity contribution in [3.63, 3.8) is 0 Å². The van der Waals surface area contributed by atoms with Crippen LogP contribution in [0.25, 0.3) is 0 Å². The topological polar surface area (TPSA) is 79.2 Å². The fraction of sp³-hybridized carbons (Fsp3) is 0.167. The summed E-state index contributed by atoms with van der Waals surface area (Å²) < 4.78 is 4.69. The third-order valence-corrected chi connectivity index (χ3v) is 3.38. The molecule has 23 heavy (non-hydrogen) atoms. The minimum atomic E-state index is -0.480. The van der Waals surface area contributed by atoms with Gasteiger partial charge < -0.3 is 10.1 Å². The van der Waals surface area contributed by atoms with Gasteiger partial charge in [-0.3, -0.25) is 9.59 Å². The van der Waals surface area contributed by atoms with Gasteiger partial charge in [0.15, 0.2) is 0 Å². The van der Waals surface area contributed by atoms with Gasteiger partial charge in [0.1, 0.15) is 0 Å². The first-order valence-electron chi connectivity index (χ1n) is 7.07. The van der Waals surface area contributed by atoms with Crippen LogP contribution in [0.3, 0.4) is 0 Å². The fourth-order valence-electron chi connectivity index (χ4n) is 2.13. The summed E-state index contributed by atoms with van der Waals surface area (Å²) in [5, 5.41) is 11.6. The van der Waals surface area contributed by atoms with Gasteiger partial charge in [0, 0.05) is 5.56 Å². The number of nitrogens with zero attached hydrogens (tertiary/aromatic N) is 1. The third kappa shape index (κ3) is 4.42. The Kier molecular flexibility index (Phi) is 5.48. The van der Waals surface area contributed by atoms with Crippen molar-refractivity contribution in [1.29, 1.82) is 5.26 Å². The van der Waals surface area contributed by atoms with Crippen molar-refractivity contribution >= 4 is 11.9 Å². The van der Waals surface area contributed by atoms with Gasteiger partial charge in [-0.2, -0.15) is 5.26 Å². The molecule has 5 nitrogen and oxygen atoms in total. The van der Waals surface area contributed by atoms with Gasteiger partial charge in [0.05, 0.1) is 31.2 Å². The Morgan fingerprint density at radius 2 is 1.78 bits per heavy atom. The Balaban J connectivity index is 2.17. The molecule has 1 atom stereocenters. The van der Waals surface area contributed by atoms with Crippen molar-refractivity contribution in [3.8, 4) is 6.07 Å². The Morgan fingerprint density at radius 1 is 1.13 bits per heavy atom. The number of amides is 1. The molecule has 0 saturated carbocycles. The van der Waals surface area contributed by atoms with Crippen LogP contribution in [0.15, 0.2) is 54.6 Å². The zero-order valence-corrected chi connectivity index (χ0v) is 12.7. The molecule has 0 aliphatic rings. The molecule has 0 spiro atoms. The van der Waals surface area contributed by atoms with E-state index in [2.05, 4.69) is 5.32 Å². The summed E-state index contributed by atoms with van der Waals surface area (Å²) >= 11 is 0. The summed E-state index contributed by atoms with van der Waals surface area (Å²) in [5.41, 5.74) is 1.73. The van der Waals surface area contributed by atoms with Gasteiger partial charge in [-0.05, 0) is 29.8 Å². The highest BCUT2D eigenvalue weighted by Gasteiger charge is 2.19. The Labute approximate surface area is 134 Å². The van der Waals surface area contributed by atoms with Gasteiger partial charge in [-0.15, -0.1) is 0 Å². The molecule has 2 aromatic carbocycles. The van der Waals surface area contributed by atoms with E-state index in [1.807, 2.05) is 36.4 Å². The van der Waals surface area contributed by atoms with Crippen LogP contribution in [0.5, 0.6) is 0 Å². The molecule has 5 heteroatoms. The first-order chi connectivity index (χ1) is 11.1. The summed E-state index contributed by atoms with van der Waals surface area (Å²) in [6.45, 7) is 0. The van der Waals surface area contributed by atoms with E-state index in [0.717, 1.165) is 5.56 Å². The summed E-state index contributed by atoms with van der Waals surface area (Å²) in [6, 6.07) is 17.1. The predicted octanol–water partition coefficient (Wildman–Crippen LogP) is 2.59. The maximum atomic E-state index is 12.4. The van der Waals surface area contributed by atoms with Crippen LogP contribution in [0.2, 0.25) is 0 Å². The molecule has 0 aliphatic heterocycles. The number of nitrogens with one attached hydrogen (secondary N) is 1. The summed E-state index contributed by atoms with van der Waals surface area (Å²) in [5.74, 6) is -0.716. The molecule has 2 aromatic rings. The van der Waals surface area contributed by atoms with Gasteiger partial charge in [0.2, 0.25) is 0 Å². The number of nitriles is 1. The molecule has 116 valence electrons. The van der Waals surface area contributed by atoms with E-state index in [1.165, 1.54) is 7.11 Å². The van der Waals surface area contributed by atoms with Gasteiger partial charge in [0.25, 0.3) is 5.91 Å². The molecule has 2 rings (SSSR count). The van der Waals surface area contributed by atoms with E-state index in [-0.39, 0.29) is 12.3 Å². The fourth-order valence-corrected chi connectivity index (χ4v) is 2.13. The van der Waals surface area contributed by atoms with E-state index >= 15 is 0 Å². The molecule has 0 bridgehead atoms. The highest BCUT2D eigenvalue weighted by Crippen LogP contribution is 2.18. The number of carbonyl (C=O) groups is 2. The van der Waals surface area contributed by atoms with Crippen molar-refractivity contribution in [1.82, 2.24) is 5.32 Å². The van der Waals surface area contributed by atoms with E-state index < -0.39 is 12.0 Å². The average Bonchev–Trinajstić information content (AvgIpc) is 2.61. The van der Waals surface area contributed by atoms with Crippen LogP contribution in [-0.4, -0.2) is 19.0 Å². The molecule has 1 amide bonds. The Morgan fingerprint density at radius 3 is 2.35 bits per heavy atom. The normalized spacial score (nSPS) is 11.1. The number of carbonyl (C=O) groups excluding carboxylic acids is 2. The Bertz CT molecular complexity index is 718. The summed E-state index contributed by atoms with van der Waals surface area (Å²) in [7, 11) is 1.31. The van der Waals surface area contributed by atoms with Gasteiger partial charge in [-0.25, -0.2) is 0 Å². The number of hydrogen-bond donors (Lipinski definition) is 1. The molecule has 0 fully saturated rings. The monoisotopic (exact) mass is 308 g/mol. The van der Waals surface area contributed by atoms with Crippen LogP contribution in [0.1, 0.15) is 33.9 Å². The number of ether oxygens (including phenoxy) is 1. The molecule has 0 unspecified atom stereocenters. The summed E-state index contributed by atoms with van der Waals surface area (Å²) in [4.78, 5) is 23.9. The van der Waals surface area contributed by atoms with E-state index in [9.17, 15) is 9.59 Å². The largest absolute Gasteiger partial charge is 0.469 e. The highest BCUT2D eigenvalue weighted by atomic mass is 16.5. The number of esters is 1. The van der Waals surface area contributed by atoms with Crippen molar-refractivity contribution < 1.29 is 14.3 Å². The second-order valence-electron chi connectivity index (χ2n) is 4.91.